The molecule has 0 radical (unpaired) electrons. The third-order valence-electron chi connectivity index (χ3n) is 3.68. The highest BCUT2D eigenvalue weighted by molar-refractivity contribution is 9.10. The average molecular weight is 408 g/mol. The number of thioether (sulfide) groups is 1. The van der Waals surface area contributed by atoms with Gasteiger partial charge in [0.05, 0.1) is 18.9 Å². The third kappa shape index (κ3) is 5.87. The highest BCUT2D eigenvalue weighted by Gasteiger charge is 2.12. The van der Waals surface area contributed by atoms with Gasteiger partial charge in [0.1, 0.15) is 5.75 Å². The van der Waals surface area contributed by atoms with Crippen LogP contribution in [0.1, 0.15) is 30.5 Å². The highest BCUT2D eigenvalue weighted by Crippen LogP contribution is 2.21. The largest absolute Gasteiger partial charge is 0.497 e. The van der Waals surface area contributed by atoms with Crippen molar-refractivity contribution in [3.8, 4) is 5.75 Å². The molecule has 5 heteroatoms. The minimum Gasteiger partial charge on any atom is -0.497 e. The number of hydrogen-bond acceptors (Lipinski definition) is 3. The molecule has 0 aromatic heterocycles. The topological polar surface area (TPSA) is 38.3 Å². The summed E-state index contributed by atoms with van der Waals surface area (Å²) < 4.78 is 6.24. The number of rotatable bonds is 8. The van der Waals surface area contributed by atoms with E-state index in [9.17, 15) is 4.79 Å². The van der Waals surface area contributed by atoms with E-state index in [2.05, 4.69) is 40.3 Å². The number of amides is 1. The van der Waals surface area contributed by atoms with Crippen LogP contribution in [0, 0.1) is 0 Å². The van der Waals surface area contributed by atoms with Gasteiger partial charge >= 0.3 is 0 Å². The van der Waals surface area contributed by atoms with E-state index in [1.807, 2.05) is 36.4 Å². The van der Waals surface area contributed by atoms with Crippen molar-refractivity contribution in [3.05, 3.63) is 64.1 Å². The fraction of sp³-hybridized carbons (Fsp3) is 0.316. The molecule has 0 heterocycles. The lowest BCUT2D eigenvalue weighted by Gasteiger charge is -2.17. The summed E-state index contributed by atoms with van der Waals surface area (Å²) in [6.07, 6.45) is 0.857. The summed E-state index contributed by atoms with van der Waals surface area (Å²) >= 11 is 5.05. The van der Waals surface area contributed by atoms with Crippen LogP contribution in [0.4, 0.5) is 0 Å². The zero-order valence-electron chi connectivity index (χ0n) is 13.9. The molecule has 24 heavy (non-hydrogen) atoms. The molecule has 1 atom stereocenters. The molecule has 0 spiro atoms. The summed E-state index contributed by atoms with van der Waals surface area (Å²) in [5.41, 5.74) is 2.32. The van der Waals surface area contributed by atoms with E-state index >= 15 is 0 Å². The van der Waals surface area contributed by atoms with E-state index in [0.717, 1.165) is 28.0 Å². The quantitative estimate of drug-likeness (QED) is 0.671. The lowest BCUT2D eigenvalue weighted by molar-refractivity contribution is -0.119. The maximum absolute atomic E-state index is 12.2. The van der Waals surface area contributed by atoms with Gasteiger partial charge in [-0.15, -0.1) is 11.8 Å². The standard InChI is InChI=1S/C19H22BrNO2S/c1-3-18(15-6-10-17(23-2)11-7-15)21-19(22)13-24-12-14-4-8-16(20)9-5-14/h4-11,18H,3,12-13H2,1-2H3,(H,21,22)/t18-/m0/s1. The maximum atomic E-state index is 12.2. The van der Waals surface area contributed by atoms with Crippen LogP contribution >= 0.6 is 27.7 Å². The van der Waals surface area contributed by atoms with E-state index < -0.39 is 0 Å². The summed E-state index contributed by atoms with van der Waals surface area (Å²) in [5, 5.41) is 3.11. The average Bonchev–Trinajstić information content (AvgIpc) is 2.61. The zero-order valence-corrected chi connectivity index (χ0v) is 16.3. The van der Waals surface area contributed by atoms with Crippen molar-refractivity contribution in [2.75, 3.05) is 12.9 Å². The SMILES string of the molecule is CC[C@H](NC(=O)CSCc1ccc(Br)cc1)c1ccc(OC)cc1. The van der Waals surface area contributed by atoms with Gasteiger partial charge < -0.3 is 10.1 Å². The fourth-order valence-corrected chi connectivity index (χ4v) is 3.40. The summed E-state index contributed by atoms with van der Waals surface area (Å²) in [5.74, 6) is 2.19. The molecule has 0 saturated heterocycles. The predicted molar refractivity (Wildman–Crippen MR) is 104 cm³/mol. The number of benzene rings is 2. The van der Waals surface area contributed by atoms with E-state index in [-0.39, 0.29) is 11.9 Å². The lowest BCUT2D eigenvalue weighted by atomic mass is 10.0. The van der Waals surface area contributed by atoms with Crippen LogP contribution in [0.3, 0.4) is 0 Å². The predicted octanol–water partition coefficient (Wildman–Crippen LogP) is 4.96. The Bertz CT molecular complexity index is 643. The number of carbonyl (C=O) groups excluding carboxylic acids is 1. The van der Waals surface area contributed by atoms with Gasteiger partial charge in [-0.3, -0.25) is 4.79 Å². The molecular weight excluding hydrogens is 386 g/mol. The van der Waals surface area contributed by atoms with Crippen molar-refractivity contribution in [1.82, 2.24) is 5.32 Å². The molecule has 128 valence electrons. The Morgan fingerprint density at radius 2 is 1.83 bits per heavy atom. The Labute approximate surface area is 156 Å². The van der Waals surface area contributed by atoms with Crippen molar-refractivity contribution >= 4 is 33.6 Å². The van der Waals surface area contributed by atoms with Gasteiger partial charge in [0, 0.05) is 10.2 Å². The van der Waals surface area contributed by atoms with Crippen molar-refractivity contribution in [2.45, 2.75) is 25.1 Å². The first-order valence-corrected chi connectivity index (χ1v) is 9.82. The number of ether oxygens (including phenoxy) is 1. The molecule has 0 aliphatic rings. The Balaban J connectivity index is 1.81. The van der Waals surface area contributed by atoms with Crippen LogP contribution in [0.25, 0.3) is 0 Å². The maximum Gasteiger partial charge on any atom is 0.230 e. The van der Waals surface area contributed by atoms with Gasteiger partial charge in [-0.05, 0) is 41.8 Å². The Hall–Kier alpha value is -1.46. The van der Waals surface area contributed by atoms with Gasteiger partial charge in [0.25, 0.3) is 0 Å². The molecule has 0 saturated carbocycles. The van der Waals surface area contributed by atoms with E-state index in [0.29, 0.717) is 5.75 Å². The molecule has 1 amide bonds. The molecule has 0 unspecified atom stereocenters. The second kappa shape index (κ2) is 9.74. The first kappa shape index (κ1) is 18.9. The molecule has 1 N–H and O–H groups in total. The Morgan fingerprint density at radius 3 is 2.42 bits per heavy atom. The monoisotopic (exact) mass is 407 g/mol. The van der Waals surface area contributed by atoms with E-state index in [1.165, 1.54) is 5.56 Å². The van der Waals surface area contributed by atoms with Gasteiger partial charge in [-0.25, -0.2) is 0 Å². The lowest BCUT2D eigenvalue weighted by Crippen LogP contribution is -2.29. The van der Waals surface area contributed by atoms with Crippen LogP contribution < -0.4 is 10.1 Å². The van der Waals surface area contributed by atoms with Crippen LogP contribution in [0.15, 0.2) is 53.0 Å². The fourth-order valence-electron chi connectivity index (χ4n) is 2.34. The third-order valence-corrected chi connectivity index (χ3v) is 5.21. The van der Waals surface area contributed by atoms with E-state index in [1.54, 1.807) is 18.9 Å². The van der Waals surface area contributed by atoms with Gasteiger partial charge in [0.15, 0.2) is 0 Å². The summed E-state index contributed by atoms with van der Waals surface area (Å²) in [6.45, 7) is 2.07. The minimum absolute atomic E-state index is 0.0386. The van der Waals surface area contributed by atoms with Crippen LogP contribution in [0.5, 0.6) is 5.75 Å². The zero-order chi connectivity index (χ0) is 17.4. The smallest absolute Gasteiger partial charge is 0.230 e. The molecule has 2 aromatic carbocycles. The molecule has 3 nitrogen and oxygen atoms in total. The molecule has 0 fully saturated rings. The summed E-state index contributed by atoms with van der Waals surface area (Å²) in [6, 6.07) is 16.1. The first-order chi connectivity index (χ1) is 11.6. The molecule has 2 aromatic rings. The summed E-state index contributed by atoms with van der Waals surface area (Å²) in [7, 11) is 1.65. The number of nitrogens with one attached hydrogen (secondary N) is 1. The number of carbonyl (C=O) groups is 1. The van der Waals surface area contributed by atoms with Crippen LogP contribution in [-0.4, -0.2) is 18.8 Å². The molecular formula is C19H22BrNO2S. The molecule has 2 rings (SSSR count). The summed E-state index contributed by atoms with van der Waals surface area (Å²) in [4.78, 5) is 12.2. The first-order valence-electron chi connectivity index (χ1n) is 7.88. The minimum atomic E-state index is 0.0386. The molecule has 0 bridgehead atoms. The van der Waals surface area contributed by atoms with E-state index in [4.69, 9.17) is 4.74 Å². The van der Waals surface area contributed by atoms with Crippen molar-refractivity contribution in [2.24, 2.45) is 0 Å². The highest BCUT2D eigenvalue weighted by atomic mass is 79.9. The normalized spacial score (nSPS) is 11.8. The number of hydrogen-bond donors (Lipinski definition) is 1. The second-order valence-corrected chi connectivity index (χ2v) is 7.32. The van der Waals surface area contributed by atoms with Gasteiger partial charge in [-0.2, -0.15) is 0 Å². The van der Waals surface area contributed by atoms with Crippen molar-refractivity contribution in [3.63, 3.8) is 0 Å². The van der Waals surface area contributed by atoms with Crippen molar-refractivity contribution in [1.29, 1.82) is 0 Å². The number of methoxy groups -OCH3 is 1. The second-order valence-electron chi connectivity index (χ2n) is 5.42. The number of halogens is 1. The van der Waals surface area contributed by atoms with Crippen LogP contribution in [0.2, 0.25) is 0 Å². The molecule has 0 aliphatic carbocycles. The van der Waals surface area contributed by atoms with Gasteiger partial charge in [-0.1, -0.05) is 47.1 Å². The Morgan fingerprint density at radius 1 is 1.17 bits per heavy atom. The van der Waals surface area contributed by atoms with Crippen molar-refractivity contribution < 1.29 is 9.53 Å². The van der Waals surface area contributed by atoms with Crippen LogP contribution in [-0.2, 0) is 10.5 Å². The molecule has 0 aliphatic heterocycles. The van der Waals surface area contributed by atoms with Gasteiger partial charge in [0.2, 0.25) is 5.91 Å². The Kier molecular flexibility index (Phi) is 7.66.